The van der Waals surface area contributed by atoms with Crippen LogP contribution in [0.4, 0.5) is 17.1 Å². The summed E-state index contributed by atoms with van der Waals surface area (Å²) >= 11 is 1.78. The third-order valence-electron chi connectivity index (χ3n) is 12.2. The Hall–Kier alpha value is -7.53. The molecule has 0 saturated carbocycles. The Bertz CT molecular complexity index is 3020. The van der Waals surface area contributed by atoms with E-state index in [2.05, 4.69) is 206 Å². The van der Waals surface area contributed by atoms with Crippen molar-refractivity contribution >= 4 is 41.8 Å². The van der Waals surface area contributed by atoms with Gasteiger partial charge in [-0.05, 0) is 117 Å². The van der Waals surface area contributed by atoms with Gasteiger partial charge in [-0.15, -0.1) is 11.8 Å². The first-order chi connectivity index (χ1) is 31.6. The summed E-state index contributed by atoms with van der Waals surface area (Å²) in [6.07, 6.45) is 3.67. The van der Waals surface area contributed by atoms with Gasteiger partial charge in [-0.25, -0.2) is 0 Å². The molecular weight excluding hydrogens is 795 g/mol. The Labute approximate surface area is 382 Å². The smallest absolute Gasteiger partial charge is 0.0754 e. The van der Waals surface area contributed by atoms with Crippen LogP contribution in [0, 0.1) is 12.3 Å². The molecule has 1 aliphatic heterocycles. The molecule has 11 rings (SSSR count). The summed E-state index contributed by atoms with van der Waals surface area (Å²) < 4.78 is 0. The number of thioether (sulfide) groups is 1. The standard InChI is InChI=1S/C45H32N2S.C8H9N.C7H8/c1-48-43-25-12-7-19-35(43)34-18-6-5-17-33(34)30-26-27-37-36(28-30)44-31(29-46)14-13-22-40(44)45(37)38-20-8-10-23-41(38)47(32-15-3-2-4-16-32)42-24-11-9-21-39(42)45;1-9-7-8-5-3-2-4-6-8;1-7-5-3-2-4-6-7/h2-29,46H,1H3;2-6H,1,7H2;2-6H,1H3. The number of rotatable bonds is 7. The van der Waals surface area contributed by atoms with Crippen LogP contribution in [0.2, 0.25) is 0 Å². The maximum atomic E-state index is 8.56. The fraction of sp³-hybridized carbons (Fsp3) is 0.0667. The van der Waals surface area contributed by atoms with E-state index in [0.29, 0.717) is 0 Å². The number of fused-ring (bicyclic) bond motifs is 9. The van der Waals surface area contributed by atoms with Gasteiger partial charge in [-0.3, -0.25) is 4.99 Å². The Morgan fingerprint density at radius 2 is 1.08 bits per heavy atom. The highest BCUT2D eigenvalue weighted by molar-refractivity contribution is 7.98. The molecule has 0 aromatic heterocycles. The van der Waals surface area contributed by atoms with Crippen molar-refractivity contribution in [2.24, 2.45) is 4.99 Å². The summed E-state index contributed by atoms with van der Waals surface area (Å²) in [7, 11) is 0. The maximum absolute atomic E-state index is 8.56. The molecule has 9 aromatic carbocycles. The lowest BCUT2D eigenvalue weighted by Crippen LogP contribution is -2.36. The van der Waals surface area contributed by atoms with Crippen molar-refractivity contribution in [3.8, 4) is 33.4 Å². The van der Waals surface area contributed by atoms with Crippen molar-refractivity contribution in [1.82, 2.24) is 0 Å². The van der Waals surface area contributed by atoms with Crippen molar-refractivity contribution < 1.29 is 0 Å². The van der Waals surface area contributed by atoms with E-state index in [9.17, 15) is 0 Å². The normalized spacial score (nSPS) is 12.2. The van der Waals surface area contributed by atoms with Gasteiger partial charge in [0.05, 0.1) is 23.3 Å². The minimum Gasteiger partial charge on any atom is -0.310 e. The zero-order valence-electron chi connectivity index (χ0n) is 36.2. The highest BCUT2D eigenvalue weighted by Gasteiger charge is 2.52. The van der Waals surface area contributed by atoms with Crippen molar-refractivity contribution in [3.63, 3.8) is 0 Å². The molecule has 1 N–H and O–H groups in total. The summed E-state index contributed by atoms with van der Waals surface area (Å²) in [5.41, 5.74) is 18.6. The molecule has 0 fully saturated rings. The second-order valence-electron chi connectivity index (χ2n) is 15.9. The summed E-state index contributed by atoms with van der Waals surface area (Å²) in [5.74, 6) is 0. The number of aliphatic imine (C=N–C) groups is 1. The first kappa shape index (κ1) is 41.8. The Morgan fingerprint density at radius 1 is 0.531 bits per heavy atom. The molecule has 310 valence electrons. The van der Waals surface area contributed by atoms with Crippen LogP contribution in [-0.4, -0.2) is 19.2 Å². The number of hydrogen-bond donors (Lipinski definition) is 1. The van der Waals surface area contributed by atoms with Crippen LogP contribution in [-0.2, 0) is 12.0 Å². The van der Waals surface area contributed by atoms with Crippen LogP contribution < -0.4 is 4.90 Å². The third kappa shape index (κ3) is 7.67. The maximum Gasteiger partial charge on any atom is 0.0754 e. The molecule has 0 unspecified atom stereocenters. The Morgan fingerprint density at radius 3 is 1.69 bits per heavy atom. The van der Waals surface area contributed by atoms with Crippen molar-refractivity contribution in [3.05, 3.63) is 263 Å². The fourth-order valence-electron chi connectivity index (χ4n) is 9.46. The molecule has 1 heterocycles. The van der Waals surface area contributed by atoms with Crippen LogP contribution in [0.5, 0.6) is 0 Å². The minimum absolute atomic E-state index is 0.550. The molecule has 0 atom stereocenters. The lowest BCUT2D eigenvalue weighted by atomic mass is 9.64. The van der Waals surface area contributed by atoms with E-state index < -0.39 is 5.41 Å². The molecule has 1 spiro atoms. The number of nitrogens with zero attached hydrogens (tertiary/aromatic N) is 2. The summed E-state index contributed by atoms with van der Waals surface area (Å²) in [4.78, 5) is 7.42. The molecule has 0 saturated heterocycles. The number of aryl methyl sites for hydroxylation is 1. The van der Waals surface area contributed by atoms with Crippen molar-refractivity contribution in [2.75, 3.05) is 11.2 Å². The lowest BCUT2D eigenvalue weighted by Gasteiger charge is -2.45. The van der Waals surface area contributed by atoms with Gasteiger partial charge in [0.2, 0.25) is 0 Å². The van der Waals surface area contributed by atoms with Gasteiger partial charge < -0.3 is 10.3 Å². The number of benzene rings is 9. The van der Waals surface area contributed by atoms with Crippen LogP contribution >= 0.6 is 11.8 Å². The monoisotopic (exact) mass is 843 g/mol. The average Bonchev–Trinajstić information content (AvgIpc) is 3.65. The SMILES string of the molecule is C=NCc1ccccc1.CSc1ccccc1-c1ccccc1-c1ccc2c(c1)-c1c(C=N)cccc1C21c2ccccc2N(c2ccccc2)c2ccccc21.Cc1ccccc1. The average molecular weight is 844 g/mol. The fourth-order valence-corrected chi connectivity index (χ4v) is 10.1. The second-order valence-corrected chi connectivity index (χ2v) is 16.7. The number of hydrogen-bond acceptors (Lipinski definition) is 4. The highest BCUT2D eigenvalue weighted by atomic mass is 32.2. The van der Waals surface area contributed by atoms with E-state index in [1.54, 1.807) is 11.8 Å². The van der Waals surface area contributed by atoms with Gasteiger partial charge in [0.25, 0.3) is 0 Å². The van der Waals surface area contributed by atoms with E-state index in [0.717, 1.165) is 23.4 Å². The quantitative estimate of drug-likeness (QED) is 0.128. The number of para-hydroxylation sites is 3. The summed E-state index contributed by atoms with van der Waals surface area (Å²) in [6.45, 7) is 6.21. The molecule has 64 heavy (non-hydrogen) atoms. The second kappa shape index (κ2) is 18.8. The third-order valence-corrected chi connectivity index (χ3v) is 13.0. The minimum atomic E-state index is -0.550. The summed E-state index contributed by atoms with van der Waals surface area (Å²) in [5, 5.41) is 8.56. The zero-order chi connectivity index (χ0) is 43.9. The van der Waals surface area contributed by atoms with Gasteiger partial charge in [0, 0.05) is 22.4 Å². The van der Waals surface area contributed by atoms with Crippen LogP contribution in [0.15, 0.2) is 234 Å². The van der Waals surface area contributed by atoms with Gasteiger partial charge in [-0.2, -0.15) is 0 Å². The first-order valence-corrected chi connectivity index (χ1v) is 22.8. The largest absolute Gasteiger partial charge is 0.310 e. The summed E-state index contributed by atoms with van der Waals surface area (Å²) in [6, 6.07) is 79.7. The molecule has 0 bridgehead atoms. The van der Waals surface area contributed by atoms with E-state index in [1.807, 2.05) is 48.5 Å². The predicted molar refractivity (Wildman–Crippen MR) is 273 cm³/mol. The van der Waals surface area contributed by atoms with Gasteiger partial charge >= 0.3 is 0 Å². The number of anilines is 3. The topological polar surface area (TPSA) is 39.5 Å². The number of nitrogens with one attached hydrogen (secondary N) is 1. The van der Waals surface area contributed by atoms with Crippen LogP contribution in [0.1, 0.15) is 38.9 Å². The Kier molecular flexibility index (Phi) is 12.3. The highest BCUT2D eigenvalue weighted by Crippen LogP contribution is 2.64. The van der Waals surface area contributed by atoms with E-state index in [1.165, 1.54) is 83.7 Å². The Balaban J connectivity index is 0.000000273. The van der Waals surface area contributed by atoms with Crippen LogP contribution in [0.25, 0.3) is 33.4 Å². The molecular formula is C60H49N3S. The molecule has 4 heteroatoms. The van der Waals surface area contributed by atoms with Crippen LogP contribution in [0.3, 0.4) is 0 Å². The first-order valence-electron chi connectivity index (χ1n) is 21.6. The molecule has 1 aliphatic carbocycles. The molecule has 3 nitrogen and oxygen atoms in total. The van der Waals surface area contributed by atoms with E-state index >= 15 is 0 Å². The van der Waals surface area contributed by atoms with Crippen molar-refractivity contribution in [2.45, 2.75) is 23.8 Å². The van der Waals surface area contributed by atoms with E-state index in [-0.39, 0.29) is 0 Å². The molecule has 9 aromatic rings. The molecule has 0 radical (unpaired) electrons. The zero-order valence-corrected chi connectivity index (χ0v) is 37.0. The van der Waals surface area contributed by atoms with Gasteiger partial charge in [-0.1, -0.05) is 194 Å². The molecule has 0 amide bonds. The molecule has 2 aliphatic rings. The van der Waals surface area contributed by atoms with Gasteiger partial charge in [0.1, 0.15) is 0 Å². The van der Waals surface area contributed by atoms with Crippen molar-refractivity contribution in [1.29, 1.82) is 5.41 Å². The van der Waals surface area contributed by atoms with Gasteiger partial charge in [0.15, 0.2) is 0 Å². The lowest BCUT2D eigenvalue weighted by molar-refractivity contribution is 0.752. The van der Waals surface area contributed by atoms with E-state index in [4.69, 9.17) is 5.41 Å². The predicted octanol–water partition coefficient (Wildman–Crippen LogP) is 15.8.